The molecule has 1 amide bonds. The first-order valence-electron chi connectivity index (χ1n) is 9.14. The zero-order valence-electron chi connectivity index (χ0n) is 15.3. The lowest BCUT2D eigenvalue weighted by molar-refractivity contribution is -0.146. The van der Waals surface area contributed by atoms with Gasteiger partial charge in [-0.05, 0) is 49.6 Å². The Balaban J connectivity index is 1.65. The Labute approximate surface area is 162 Å². The Morgan fingerprint density at radius 1 is 1.18 bits per heavy atom. The molecule has 0 unspecified atom stereocenters. The quantitative estimate of drug-likeness (QED) is 0.557. The third-order valence-corrected chi connectivity index (χ3v) is 4.57. The van der Waals surface area contributed by atoms with Crippen LogP contribution in [0.5, 0.6) is 0 Å². The smallest absolute Gasteiger partial charge is 0.334 e. The third kappa shape index (κ3) is 4.95. The minimum Gasteiger partial charge on any atom is -0.479 e. The van der Waals surface area contributed by atoms with Gasteiger partial charge in [-0.25, -0.2) is 14.8 Å². The Morgan fingerprint density at radius 2 is 1.89 bits per heavy atom. The number of carboxylic acid groups (broad SMARTS) is 1. The van der Waals surface area contributed by atoms with Gasteiger partial charge >= 0.3 is 5.97 Å². The lowest BCUT2D eigenvalue weighted by Gasteiger charge is -2.38. The number of aliphatic hydroxyl groups is 1. The monoisotopic (exact) mass is 385 g/mol. The van der Waals surface area contributed by atoms with Crippen LogP contribution in [0.2, 0.25) is 0 Å². The van der Waals surface area contributed by atoms with Gasteiger partial charge in [0.25, 0.3) is 5.91 Å². The molecule has 1 aliphatic rings. The number of carbonyl (C=O) groups excluding carboxylic acids is 1. The lowest BCUT2D eigenvalue weighted by atomic mass is 10.1. The topological polar surface area (TPSA) is 128 Å². The standard InChI is InChI=1S/C19H23N5O4/c25-15(18(27)28)12-22-17(26)13-5-7-14(8-6-13)24-11-2-1-4-16(24)23-19-20-9-3-10-21-19/h3,5-10,15-16,25H,1-2,4,11-12H2,(H,22,26)(H,27,28)(H,20,21,23)/t15-,16-/m0/s1. The van der Waals surface area contributed by atoms with E-state index in [0.29, 0.717) is 11.5 Å². The lowest BCUT2D eigenvalue weighted by Crippen LogP contribution is -2.45. The van der Waals surface area contributed by atoms with E-state index in [1.54, 1.807) is 30.6 Å². The van der Waals surface area contributed by atoms with Crippen molar-refractivity contribution in [3.8, 4) is 0 Å². The summed E-state index contributed by atoms with van der Waals surface area (Å²) in [5.74, 6) is -1.23. The van der Waals surface area contributed by atoms with Crippen molar-refractivity contribution in [3.05, 3.63) is 48.3 Å². The number of piperidine rings is 1. The van der Waals surface area contributed by atoms with Crippen molar-refractivity contribution >= 4 is 23.5 Å². The van der Waals surface area contributed by atoms with Crippen LogP contribution in [0.1, 0.15) is 29.6 Å². The zero-order chi connectivity index (χ0) is 19.9. The van der Waals surface area contributed by atoms with Gasteiger partial charge in [-0.15, -0.1) is 0 Å². The summed E-state index contributed by atoms with van der Waals surface area (Å²) in [6.07, 6.45) is 4.95. The maximum atomic E-state index is 12.1. The van der Waals surface area contributed by atoms with E-state index < -0.39 is 18.0 Å². The summed E-state index contributed by atoms with van der Waals surface area (Å²) in [6.45, 7) is 0.534. The van der Waals surface area contributed by atoms with E-state index >= 15 is 0 Å². The number of aliphatic hydroxyl groups excluding tert-OH is 1. The highest BCUT2D eigenvalue weighted by Gasteiger charge is 2.23. The molecule has 3 rings (SSSR count). The normalized spacial score (nSPS) is 17.6. The zero-order valence-corrected chi connectivity index (χ0v) is 15.3. The summed E-state index contributed by atoms with van der Waals surface area (Å²) in [4.78, 5) is 33.4. The Kier molecular flexibility index (Phi) is 6.38. The largest absolute Gasteiger partial charge is 0.479 e. The molecule has 28 heavy (non-hydrogen) atoms. The van der Waals surface area contributed by atoms with E-state index in [0.717, 1.165) is 31.5 Å². The van der Waals surface area contributed by atoms with E-state index in [-0.39, 0.29) is 12.7 Å². The first kappa shape index (κ1) is 19.6. The van der Waals surface area contributed by atoms with Crippen molar-refractivity contribution in [1.82, 2.24) is 15.3 Å². The number of nitrogens with zero attached hydrogens (tertiary/aromatic N) is 3. The molecule has 148 valence electrons. The van der Waals surface area contributed by atoms with Crippen molar-refractivity contribution in [1.29, 1.82) is 0 Å². The van der Waals surface area contributed by atoms with E-state index in [1.807, 2.05) is 12.1 Å². The fourth-order valence-corrected chi connectivity index (χ4v) is 3.10. The number of anilines is 2. The van der Waals surface area contributed by atoms with Crippen molar-refractivity contribution < 1.29 is 19.8 Å². The molecule has 1 fully saturated rings. The third-order valence-electron chi connectivity index (χ3n) is 4.57. The predicted molar refractivity (Wildman–Crippen MR) is 103 cm³/mol. The summed E-state index contributed by atoms with van der Waals surface area (Å²) >= 11 is 0. The second-order valence-electron chi connectivity index (χ2n) is 6.53. The Bertz CT molecular complexity index is 800. The van der Waals surface area contributed by atoms with Crippen LogP contribution in [0.25, 0.3) is 0 Å². The predicted octanol–water partition coefficient (Wildman–Crippen LogP) is 1.08. The molecular formula is C19H23N5O4. The minimum absolute atomic E-state index is 0.0570. The molecule has 0 radical (unpaired) electrons. The summed E-state index contributed by atoms with van der Waals surface area (Å²) in [6, 6.07) is 8.84. The highest BCUT2D eigenvalue weighted by molar-refractivity contribution is 5.94. The number of carbonyl (C=O) groups is 2. The van der Waals surface area contributed by atoms with E-state index in [1.165, 1.54) is 0 Å². The molecule has 9 nitrogen and oxygen atoms in total. The van der Waals surface area contributed by atoms with Crippen LogP contribution in [-0.4, -0.2) is 57.4 Å². The number of hydrogen-bond donors (Lipinski definition) is 4. The van der Waals surface area contributed by atoms with Crippen molar-refractivity contribution in [2.45, 2.75) is 31.5 Å². The van der Waals surface area contributed by atoms with Crippen LogP contribution in [0.15, 0.2) is 42.7 Å². The highest BCUT2D eigenvalue weighted by atomic mass is 16.4. The first-order valence-corrected chi connectivity index (χ1v) is 9.14. The summed E-state index contributed by atoms with van der Waals surface area (Å²) in [7, 11) is 0. The van der Waals surface area contributed by atoms with Crippen LogP contribution in [0, 0.1) is 0 Å². The number of carboxylic acids is 1. The number of rotatable bonds is 7. The Morgan fingerprint density at radius 3 is 2.57 bits per heavy atom. The number of hydrogen-bond acceptors (Lipinski definition) is 7. The first-order chi connectivity index (χ1) is 13.5. The molecular weight excluding hydrogens is 362 g/mol. The van der Waals surface area contributed by atoms with E-state index in [9.17, 15) is 14.7 Å². The van der Waals surface area contributed by atoms with E-state index in [4.69, 9.17) is 5.11 Å². The maximum absolute atomic E-state index is 12.1. The van der Waals surface area contributed by atoms with Crippen molar-refractivity contribution in [2.75, 3.05) is 23.3 Å². The second-order valence-corrected chi connectivity index (χ2v) is 6.53. The average Bonchev–Trinajstić information content (AvgIpc) is 2.73. The SMILES string of the molecule is O=C(NC[C@H](O)C(=O)O)c1ccc(N2CCCC[C@H]2Nc2ncccn2)cc1. The molecule has 1 saturated heterocycles. The molecule has 2 atom stereocenters. The number of aromatic nitrogens is 2. The van der Waals surface area contributed by atoms with Gasteiger partial charge in [0.2, 0.25) is 5.95 Å². The van der Waals surface area contributed by atoms with Gasteiger partial charge in [-0.2, -0.15) is 0 Å². The minimum atomic E-state index is -1.62. The number of amides is 1. The molecule has 9 heteroatoms. The van der Waals surface area contributed by atoms with Crippen molar-refractivity contribution in [2.24, 2.45) is 0 Å². The van der Waals surface area contributed by atoms with Gasteiger partial charge in [-0.1, -0.05) is 0 Å². The summed E-state index contributed by atoms with van der Waals surface area (Å²) in [5.41, 5.74) is 1.37. The van der Waals surface area contributed by atoms with Crippen molar-refractivity contribution in [3.63, 3.8) is 0 Å². The van der Waals surface area contributed by atoms with Crippen LogP contribution >= 0.6 is 0 Å². The van der Waals surface area contributed by atoms with Gasteiger partial charge < -0.3 is 25.7 Å². The van der Waals surface area contributed by atoms with Gasteiger partial charge in [0.05, 0.1) is 6.54 Å². The fraction of sp³-hybridized carbons (Fsp3) is 0.368. The number of benzene rings is 1. The van der Waals surface area contributed by atoms with Gasteiger partial charge in [0, 0.05) is 30.2 Å². The molecule has 4 N–H and O–H groups in total. The average molecular weight is 385 g/mol. The Hall–Kier alpha value is -3.20. The molecule has 0 bridgehead atoms. The molecule has 2 aromatic rings. The number of aliphatic carboxylic acids is 1. The summed E-state index contributed by atoms with van der Waals surface area (Å²) < 4.78 is 0. The molecule has 2 heterocycles. The summed E-state index contributed by atoms with van der Waals surface area (Å²) in [5, 5.41) is 23.7. The number of nitrogens with one attached hydrogen (secondary N) is 2. The van der Waals surface area contributed by atoms with E-state index in [2.05, 4.69) is 25.5 Å². The van der Waals surface area contributed by atoms with Crippen LogP contribution in [-0.2, 0) is 4.79 Å². The van der Waals surface area contributed by atoms with Gasteiger partial charge in [-0.3, -0.25) is 4.79 Å². The fourth-order valence-electron chi connectivity index (χ4n) is 3.10. The molecule has 0 aliphatic carbocycles. The molecule has 0 saturated carbocycles. The molecule has 1 aromatic carbocycles. The van der Waals surface area contributed by atoms with Crippen LogP contribution in [0.3, 0.4) is 0 Å². The van der Waals surface area contributed by atoms with Gasteiger partial charge in [0.1, 0.15) is 6.17 Å². The molecule has 1 aliphatic heterocycles. The molecule has 1 aromatic heterocycles. The second kappa shape index (κ2) is 9.14. The van der Waals surface area contributed by atoms with Crippen LogP contribution in [0.4, 0.5) is 11.6 Å². The molecule has 0 spiro atoms. The maximum Gasteiger partial charge on any atom is 0.334 e. The van der Waals surface area contributed by atoms with Gasteiger partial charge in [0.15, 0.2) is 6.10 Å². The highest BCUT2D eigenvalue weighted by Crippen LogP contribution is 2.25. The van der Waals surface area contributed by atoms with Crippen LogP contribution < -0.4 is 15.5 Å².